The highest BCUT2D eigenvalue weighted by atomic mass is 35.5. The van der Waals surface area contributed by atoms with Gasteiger partial charge in [-0.3, -0.25) is 13.9 Å². The summed E-state index contributed by atoms with van der Waals surface area (Å²) >= 11 is 13.0. The number of fused-ring (bicyclic) bond motifs is 1. The minimum absolute atomic E-state index is 0.0000532. The van der Waals surface area contributed by atoms with Crippen LogP contribution in [0.2, 0.25) is 10.0 Å². The number of nitrogens with one attached hydrogen (secondary N) is 1. The number of sulfonamides is 1. The van der Waals surface area contributed by atoms with Crippen LogP contribution < -0.4 is 19.1 Å². The fourth-order valence-electron chi connectivity index (χ4n) is 4.65. The molecular weight excluding hydrogens is 613 g/mol. The maximum atomic E-state index is 14.3. The number of rotatable bonds is 12. The molecule has 43 heavy (non-hydrogen) atoms. The van der Waals surface area contributed by atoms with Gasteiger partial charge in [0, 0.05) is 34.3 Å². The molecule has 1 aliphatic heterocycles. The average molecular weight is 649 g/mol. The van der Waals surface area contributed by atoms with Gasteiger partial charge in [-0.25, -0.2) is 8.42 Å². The maximum Gasteiger partial charge on any atom is 0.264 e. The van der Waals surface area contributed by atoms with Gasteiger partial charge in [0.05, 0.1) is 10.6 Å². The molecule has 0 fully saturated rings. The van der Waals surface area contributed by atoms with Crippen molar-refractivity contribution in [2.45, 2.75) is 57.1 Å². The van der Waals surface area contributed by atoms with Gasteiger partial charge in [0.2, 0.25) is 11.8 Å². The van der Waals surface area contributed by atoms with Gasteiger partial charge in [0.25, 0.3) is 10.0 Å². The average Bonchev–Trinajstić information content (AvgIpc) is 3.01. The Bertz CT molecular complexity index is 1530. The standard InChI is InChI=1S/C31H35Cl2N3O6S/c1-4-21(3)34-31(38)27(5-2)35(19-24-25(32)12-9-13-26(24)33)30(37)20-36(43(39,40)23-10-7-6-8-11-23)22-14-15-28-29(18-22)42-17-16-41-28/h6-15,18,21,27H,4-5,16-17,19-20H2,1-3H3,(H,34,38)/t21-,27-/m1/s1. The van der Waals surface area contributed by atoms with Gasteiger partial charge in [-0.2, -0.15) is 0 Å². The van der Waals surface area contributed by atoms with Crippen LogP contribution in [0.1, 0.15) is 39.2 Å². The van der Waals surface area contributed by atoms with E-state index in [0.717, 1.165) is 4.31 Å². The third-order valence-electron chi connectivity index (χ3n) is 7.20. The van der Waals surface area contributed by atoms with E-state index < -0.39 is 28.5 Å². The summed E-state index contributed by atoms with van der Waals surface area (Å²) in [6.07, 6.45) is 0.964. The lowest BCUT2D eigenvalue weighted by molar-refractivity contribution is -0.140. The first-order chi connectivity index (χ1) is 20.6. The third-order valence-corrected chi connectivity index (χ3v) is 9.70. The molecule has 12 heteroatoms. The minimum atomic E-state index is -4.24. The van der Waals surface area contributed by atoms with E-state index in [4.69, 9.17) is 32.7 Å². The molecule has 0 saturated carbocycles. The van der Waals surface area contributed by atoms with E-state index in [-0.39, 0.29) is 35.5 Å². The Morgan fingerprint density at radius 3 is 2.19 bits per heavy atom. The lowest BCUT2D eigenvalue weighted by atomic mass is 10.1. The number of ether oxygens (including phenoxy) is 2. The molecule has 230 valence electrons. The fraction of sp³-hybridized carbons (Fsp3) is 0.355. The number of hydrogen-bond acceptors (Lipinski definition) is 6. The second-order valence-electron chi connectivity index (χ2n) is 10.1. The third kappa shape index (κ3) is 7.55. The van der Waals surface area contributed by atoms with E-state index in [2.05, 4.69) is 5.32 Å². The highest BCUT2D eigenvalue weighted by Gasteiger charge is 2.35. The summed E-state index contributed by atoms with van der Waals surface area (Å²) < 4.78 is 40.4. The summed E-state index contributed by atoms with van der Waals surface area (Å²) in [7, 11) is -4.24. The summed E-state index contributed by atoms with van der Waals surface area (Å²) in [5.41, 5.74) is 0.653. The van der Waals surface area contributed by atoms with E-state index in [1.54, 1.807) is 55.5 Å². The number of amides is 2. The van der Waals surface area contributed by atoms with E-state index >= 15 is 0 Å². The summed E-state index contributed by atoms with van der Waals surface area (Å²) in [5, 5.41) is 3.59. The number of carbonyl (C=O) groups is 2. The van der Waals surface area contributed by atoms with Crippen molar-refractivity contribution < 1.29 is 27.5 Å². The molecule has 4 rings (SSSR count). The van der Waals surface area contributed by atoms with Crippen molar-refractivity contribution in [2.75, 3.05) is 24.1 Å². The molecule has 1 aliphatic rings. The molecule has 3 aromatic carbocycles. The monoisotopic (exact) mass is 647 g/mol. The van der Waals surface area contributed by atoms with Crippen LogP contribution in [0.25, 0.3) is 0 Å². The SMILES string of the molecule is CC[C@@H](C)NC(=O)[C@@H](CC)N(Cc1c(Cl)cccc1Cl)C(=O)CN(c1ccc2c(c1)OCCO2)S(=O)(=O)c1ccccc1. The number of benzene rings is 3. The predicted octanol–water partition coefficient (Wildman–Crippen LogP) is 5.68. The minimum Gasteiger partial charge on any atom is -0.486 e. The molecule has 0 spiro atoms. The summed E-state index contributed by atoms with van der Waals surface area (Å²) in [6.45, 7) is 5.56. The second-order valence-corrected chi connectivity index (χ2v) is 12.8. The van der Waals surface area contributed by atoms with Crippen molar-refractivity contribution >= 4 is 50.7 Å². The number of carbonyl (C=O) groups excluding carboxylic acids is 2. The van der Waals surface area contributed by atoms with Crippen LogP contribution in [0.4, 0.5) is 5.69 Å². The molecule has 0 unspecified atom stereocenters. The van der Waals surface area contributed by atoms with Crippen LogP contribution >= 0.6 is 23.2 Å². The predicted molar refractivity (Wildman–Crippen MR) is 167 cm³/mol. The number of halogens is 2. The molecule has 0 saturated heterocycles. The molecule has 9 nitrogen and oxygen atoms in total. The van der Waals surface area contributed by atoms with Crippen LogP contribution in [0.15, 0.2) is 71.6 Å². The topological polar surface area (TPSA) is 105 Å². The van der Waals surface area contributed by atoms with Crippen LogP contribution in [0.5, 0.6) is 11.5 Å². The number of anilines is 1. The van der Waals surface area contributed by atoms with Gasteiger partial charge in [-0.15, -0.1) is 0 Å². The molecular formula is C31H35Cl2N3O6S. The number of nitrogens with zero attached hydrogens (tertiary/aromatic N) is 2. The first-order valence-electron chi connectivity index (χ1n) is 14.1. The van der Waals surface area contributed by atoms with Crippen molar-refractivity contribution in [1.82, 2.24) is 10.2 Å². The van der Waals surface area contributed by atoms with E-state index in [1.807, 2.05) is 13.8 Å². The van der Waals surface area contributed by atoms with Crippen LogP contribution in [-0.4, -0.2) is 57.0 Å². The van der Waals surface area contributed by atoms with Gasteiger partial charge >= 0.3 is 0 Å². The molecule has 3 aromatic rings. The van der Waals surface area contributed by atoms with E-state index in [1.165, 1.54) is 23.1 Å². The second kappa shape index (κ2) is 14.3. The fourth-order valence-corrected chi connectivity index (χ4v) is 6.59. The van der Waals surface area contributed by atoms with Crippen molar-refractivity contribution in [2.24, 2.45) is 0 Å². The first kappa shape index (κ1) is 32.4. The van der Waals surface area contributed by atoms with Crippen LogP contribution in [0.3, 0.4) is 0 Å². The van der Waals surface area contributed by atoms with E-state index in [0.29, 0.717) is 46.7 Å². The van der Waals surface area contributed by atoms with Crippen molar-refractivity contribution in [3.63, 3.8) is 0 Å². The molecule has 2 atom stereocenters. The Hall–Kier alpha value is -3.47. The van der Waals surface area contributed by atoms with Gasteiger partial charge < -0.3 is 19.7 Å². The van der Waals surface area contributed by atoms with Crippen molar-refractivity contribution in [3.8, 4) is 11.5 Å². The van der Waals surface area contributed by atoms with E-state index in [9.17, 15) is 18.0 Å². The van der Waals surface area contributed by atoms with Gasteiger partial charge in [-0.1, -0.05) is 61.3 Å². The summed E-state index contributed by atoms with van der Waals surface area (Å²) in [4.78, 5) is 29.1. The zero-order valence-electron chi connectivity index (χ0n) is 24.3. The lowest BCUT2D eigenvalue weighted by Gasteiger charge is -2.34. The number of hydrogen-bond donors (Lipinski definition) is 1. The van der Waals surface area contributed by atoms with Crippen LogP contribution in [-0.2, 0) is 26.2 Å². The zero-order chi connectivity index (χ0) is 31.1. The first-order valence-corrected chi connectivity index (χ1v) is 16.3. The molecule has 1 heterocycles. The smallest absolute Gasteiger partial charge is 0.264 e. The van der Waals surface area contributed by atoms with Gasteiger partial charge in [0.1, 0.15) is 25.8 Å². The molecule has 0 aromatic heterocycles. The van der Waals surface area contributed by atoms with Gasteiger partial charge in [-0.05, 0) is 56.2 Å². The Morgan fingerprint density at radius 2 is 1.56 bits per heavy atom. The summed E-state index contributed by atoms with van der Waals surface area (Å²) in [6, 6.07) is 16.5. The highest BCUT2D eigenvalue weighted by molar-refractivity contribution is 7.92. The Labute approximate surface area is 262 Å². The molecule has 0 aliphatic carbocycles. The maximum absolute atomic E-state index is 14.3. The normalized spacial score (nSPS) is 14.0. The van der Waals surface area contributed by atoms with Crippen molar-refractivity contribution in [3.05, 3.63) is 82.3 Å². The molecule has 0 radical (unpaired) electrons. The Balaban J connectivity index is 1.78. The van der Waals surface area contributed by atoms with Crippen LogP contribution in [0, 0.1) is 0 Å². The largest absolute Gasteiger partial charge is 0.486 e. The quantitative estimate of drug-likeness (QED) is 0.271. The Kier molecular flexibility index (Phi) is 10.8. The Morgan fingerprint density at radius 1 is 0.907 bits per heavy atom. The zero-order valence-corrected chi connectivity index (χ0v) is 26.6. The van der Waals surface area contributed by atoms with Gasteiger partial charge in [0.15, 0.2) is 11.5 Å². The molecule has 1 N–H and O–H groups in total. The molecule has 0 bridgehead atoms. The van der Waals surface area contributed by atoms with Crippen molar-refractivity contribution in [1.29, 1.82) is 0 Å². The highest BCUT2D eigenvalue weighted by Crippen LogP contribution is 2.36. The lowest BCUT2D eigenvalue weighted by Crippen LogP contribution is -2.53. The summed E-state index contributed by atoms with van der Waals surface area (Å²) in [5.74, 6) is -0.133. The molecule has 2 amide bonds.